The second-order valence-electron chi connectivity index (χ2n) is 4.99. The molecule has 1 aromatic heterocycles. The molecular weight excluding hydrogens is 198 g/mol. The maximum atomic E-state index is 4.34. The highest BCUT2D eigenvalue weighted by atomic mass is 15.2. The minimum Gasteiger partial charge on any atom is -0.367 e. The number of nitrogens with one attached hydrogen (secondary N) is 1. The van der Waals surface area contributed by atoms with E-state index < -0.39 is 0 Å². The van der Waals surface area contributed by atoms with Crippen molar-refractivity contribution in [3.63, 3.8) is 0 Å². The van der Waals surface area contributed by atoms with Gasteiger partial charge in [0.2, 0.25) is 0 Å². The van der Waals surface area contributed by atoms with Gasteiger partial charge in [-0.25, -0.2) is 4.98 Å². The molecule has 0 aromatic carbocycles. The predicted molar refractivity (Wildman–Crippen MR) is 65.4 cm³/mol. The smallest absolute Gasteiger partial charge is 0.126 e. The van der Waals surface area contributed by atoms with Gasteiger partial charge in [-0.05, 0) is 36.9 Å². The van der Waals surface area contributed by atoms with E-state index in [0.29, 0.717) is 6.04 Å². The lowest BCUT2D eigenvalue weighted by molar-refractivity contribution is 0.0149. The SMILES string of the molecule is CCN1CC2CC(C1)C2Nc1ccccn1. The zero-order valence-corrected chi connectivity index (χ0v) is 9.76. The molecule has 3 aliphatic rings. The standard InChI is InChI=1S/C13H19N3/c1-2-16-8-10-7-11(9-16)13(10)15-12-5-3-4-6-14-12/h3-6,10-11,13H,2,7-9H2,1H3,(H,14,15). The number of hydrogen-bond donors (Lipinski definition) is 1. The summed E-state index contributed by atoms with van der Waals surface area (Å²) in [6, 6.07) is 6.73. The summed E-state index contributed by atoms with van der Waals surface area (Å²) < 4.78 is 0. The first-order valence-corrected chi connectivity index (χ1v) is 6.26. The number of rotatable bonds is 3. The van der Waals surface area contributed by atoms with Crippen LogP contribution in [0.3, 0.4) is 0 Å². The summed E-state index contributed by atoms with van der Waals surface area (Å²) in [5.74, 6) is 2.70. The van der Waals surface area contributed by atoms with Crippen molar-refractivity contribution >= 4 is 5.82 Å². The zero-order chi connectivity index (χ0) is 11.0. The van der Waals surface area contributed by atoms with E-state index in [-0.39, 0.29) is 0 Å². The van der Waals surface area contributed by atoms with E-state index in [1.807, 2.05) is 18.3 Å². The summed E-state index contributed by atoms with van der Waals surface area (Å²) in [5, 5.41) is 3.59. The lowest BCUT2D eigenvalue weighted by Crippen LogP contribution is -2.61. The molecule has 16 heavy (non-hydrogen) atoms. The van der Waals surface area contributed by atoms with Gasteiger partial charge >= 0.3 is 0 Å². The van der Waals surface area contributed by atoms with Gasteiger partial charge in [-0.2, -0.15) is 0 Å². The van der Waals surface area contributed by atoms with Crippen LogP contribution in [0.15, 0.2) is 24.4 Å². The fourth-order valence-corrected chi connectivity index (χ4v) is 3.10. The predicted octanol–water partition coefficient (Wildman–Crippen LogP) is 1.83. The van der Waals surface area contributed by atoms with Gasteiger partial charge in [0.05, 0.1) is 0 Å². The highest BCUT2D eigenvalue weighted by Gasteiger charge is 2.46. The molecule has 0 amide bonds. The molecule has 2 saturated heterocycles. The molecule has 2 unspecified atom stereocenters. The number of pyridine rings is 1. The molecule has 2 bridgehead atoms. The van der Waals surface area contributed by atoms with Crippen molar-refractivity contribution in [3.05, 3.63) is 24.4 Å². The summed E-state index contributed by atoms with van der Waals surface area (Å²) in [4.78, 5) is 6.91. The Labute approximate surface area is 96.9 Å². The van der Waals surface area contributed by atoms with Crippen molar-refractivity contribution in [2.75, 3.05) is 25.0 Å². The third kappa shape index (κ3) is 1.69. The van der Waals surface area contributed by atoms with Crippen molar-refractivity contribution < 1.29 is 0 Å². The second-order valence-corrected chi connectivity index (χ2v) is 4.99. The zero-order valence-electron chi connectivity index (χ0n) is 9.76. The summed E-state index contributed by atoms with van der Waals surface area (Å²) in [5.41, 5.74) is 0. The maximum Gasteiger partial charge on any atom is 0.126 e. The fourth-order valence-electron chi connectivity index (χ4n) is 3.10. The Morgan fingerprint density at radius 3 is 2.81 bits per heavy atom. The number of piperidine rings is 2. The van der Waals surface area contributed by atoms with E-state index in [1.54, 1.807) is 0 Å². The Morgan fingerprint density at radius 2 is 2.19 bits per heavy atom. The minimum absolute atomic E-state index is 0.665. The molecule has 3 fully saturated rings. The van der Waals surface area contributed by atoms with Crippen LogP contribution in [0.2, 0.25) is 0 Å². The Kier molecular flexibility index (Phi) is 2.56. The van der Waals surface area contributed by atoms with Gasteiger partial charge in [0, 0.05) is 25.3 Å². The molecule has 1 N–H and O–H groups in total. The molecule has 86 valence electrons. The first kappa shape index (κ1) is 10.1. The molecule has 4 rings (SSSR count). The van der Waals surface area contributed by atoms with E-state index >= 15 is 0 Å². The lowest BCUT2D eigenvalue weighted by Gasteiger charge is -2.53. The highest BCUT2D eigenvalue weighted by Crippen LogP contribution is 2.41. The average Bonchev–Trinajstić information content (AvgIpc) is 2.37. The molecule has 2 aliphatic heterocycles. The number of aromatic nitrogens is 1. The molecule has 1 saturated carbocycles. The summed E-state index contributed by atoms with van der Waals surface area (Å²) in [7, 11) is 0. The Balaban J connectivity index is 1.63. The Hall–Kier alpha value is -1.09. The molecule has 0 spiro atoms. The largest absolute Gasteiger partial charge is 0.367 e. The van der Waals surface area contributed by atoms with Gasteiger partial charge in [-0.15, -0.1) is 0 Å². The first-order chi connectivity index (χ1) is 7.86. The summed E-state index contributed by atoms with van der Waals surface area (Å²) in [6.45, 7) is 5.98. The molecular formula is C13H19N3. The molecule has 3 heteroatoms. The quantitative estimate of drug-likeness (QED) is 0.837. The van der Waals surface area contributed by atoms with Crippen LogP contribution in [0.1, 0.15) is 13.3 Å². The van der Waals surface area contributed by atoms with Crippen LogP contribution >= 0.6 is 0 Å². The fraction of sp³-hybridized carbons (Fsp3) is 0.615. The van der Waals surface area contributed by atoms with Gasteiger partial charge in [-0.1, -0.05) is 13.0 Å². The topological polar surface area (TPSA) is 28.2 Å². The number of hydrogen-bond acceptors (Lipinski definition) is 3. The van der Waals surface area contributed by atoms with Crippen molar-refractivity contribution in [1.29, 1.82) is 0 Å². The van der Waals surface area contributed by atoms with E-state index in [9.17, 15) is 0 Å². The van der Waals surface area contributed by atoms with Crippen LogP contribution in [-0.2, 0) is 0 Å². The van der Waals surface area contributed by atoms with Crippen molar-refractivity contribution in [3.8, 4) is 0 Å². The maximum absolute atomic E-state index is 4.34. The van der Waals surface area contributed by atoms with Crippen LogP contribution in [0.4, 0.5) is 5.82 Å². The monoisotopic (exact) mass is 217 g/mol. The highest BCUT2D eigenvalue weighted by molar-refractivity contribution is 5.36. The number of fused-ring (bicyclic) bond motifs is 2. The Morgan fingerprint density at radius 1 is 1.38 bits per heavy atom. The van der Waals surface area contributed by atoms with E-state index in [4.69, 9.17) is 0 Å². The molecule has 0 radical (unpaired) electrons. The van der Waals surface area contributed by atoms with Gasteiger partial charge in [0.15, 0.2) is 0 Å². The number of anilines is 1. The van der Waals surface area contributed by atoms with Gasteiger partial charge < -0.3 is 10.2 Å². The third-order valence-electron chi connectivity index (χ3n) is 4.03. The molecule has 3 heterocycles. The van der Waals surface area contributed by atoms with Gasteiger partial charge in [0.1, 0.15) is 5.82 Å². The van der Waals surface area contributed by atoms with E-state index in [0.717, 1.165) is 17.7 Å². The second kappa shape index (κ2) is 4.06. The van der Waals surface area contributed by atoms with Gasteiger partial charge in [-0.3, -0.25) is 0 Å². The first-order valence-electron chi connectivity index (χ1n) is 6.26. The Bertz CT molecular complexity index is 339. The molecule has 3 nitrogen and oxygen atoms in total. The van der Waals surface area contributed by atoms with Gasteiger partial charge in [0.25, 0.3) is 0 Å². The van der Waals surface area contributed by atoms with Crippen molar-refractivity contribution in [1.82, 2.24) is 9.88 Å². The van der Waals surface area contributed by atoms with Crippen LogP contribution in [-0.4, -0.2) is 35.6 Å². The van der Waals surface area contributed by atoms with Crippen LogP contribution in [0.5, 0.6) is 0 Å². The minimum atomic E-state index is 0.665. The molecule has 1 aliphatic carbocycles. The van der Waals surface area contributed by atoms with Crippen molar-refractivity contribution in [2.45, 2.75) is 19.4 Å². The molecule has 1 aromatic rings. The lowest BCUT2D eigenvalue weighted by atomic mass is 9.66. The molecule has 2 atom stereocenters. The van der Waals surface area contributed by atoms with Crippen LogP contribution in [0, 0.1) is 11.8 Å². The number of nitrogens with zero attached hydrogens (tertiary/aromatic N) is 2. The third-order valence-corrected chi connectivity index (χ3v) is 4.03. The van der Waals surface area contributed by atoms with E-state index in [2.05, 4.69) is 28.2 Å². The van der Waals surface area contributed by atoms with Crippen LogP contribution < -0.4 is 5.32 Å². The summed E-state index contributed by atoms with van der Waals surface area (Å²) in [6.07, 6.45) is 3.26. The van der Waals surface area contributed by atoms with Crippen LogP contribution in [0.25, 0.3) is 0 Å². The van der Waals surface area contributed by atoms with E-state index in [1.165, 1.54) is 26.1 Å². The van der Waals surface area contributed by atoms with Crippen molar-refractivity contribution in [2.24, 2.45) is 11.8 Å². The normalized spacial score (nSPS) is 33.2. The average molecular weight is 217 g/mol. The summed E-state index contributed by atoms with van der Waals surface area (Å²) >= 11 is 0.